The van der Waals surface area contributed by atoms with Crippen LogP contribution in [0.5, 0.6) is 0 Å². The third-order valence-corrected chi connectivity index (χ3v) is 3.77. The number of nitrogens with one attached hydrogen (secondary N) is 1. The largest absolute Gasteiger partial charge is 0.462 e. The molecular weight excluding hydrogens is 339 g/mol. The van der Waals surface area contributed by atoms with Gasteiger partial charge in [-0.1, -0.05) is 25.5 Å². The lowest BCUT2D eigenvalue weighted by Crippen LogP contribution is -2.32. The molecule has 0 unspecified atom stereocenters. The highest BCUT2D eigenvalue weighted by molar-refractivity contribution is 5.97. The Bertz CT molecular complexity index is 861. The van der Waals surface area contributed by atoms with E-state index in [2.05, 4.69) is 5.32 Å². The fourth-order valence-electron chi connectivity index (χ4n) is 2.39. The molecule has 1 heterocycles. The van der Waals surface area contributed by atoms with Gasteiger partial charge in [0, 0.05) is 13.2 Å². The Hall–Kier alpha value is -2.96. The molecule has 0 atom stereocenters. The first kappa shape index (κ1) is 19.4. The summed E-state index contributed by atoms with van der Waals surface area (Å²) in [7, 11) is 1.39. The molecule has 0 aliphatic heterocycles. The van der Waals surface area contributed by atoms with Gasteiger partial charge in [-0.25, -0.2) is 9.18 Å². The maximum absolute atomic E-state index is 13.4. The van der Waals surface area contributed by atoms with Crippen molar-refractivity contribution in [2.75, 3.05) is 13.7 Å². The van der Waals surface area contributed by atoms with Crippen molar-refractivity contribution in [2.45, 2.75) is 26.3 Å². The summed E-state index contributed by atoms with van der Waals surface area (Å²) in [4.78, 5) is 36.8. The predicted octanol–water partition coefficient (Wildman–Crippen LogP) is 2.35. The molecule has 138 valence electrons. The molecule has 6 nitrogen and oxygen atoms in total. The second-order valence-corrected chi connectivity index (χ2v) is 5.77. The molecule has 0 aliphatic carbocycles. The minimum absolute atomic E-state index is 0.0245. The van der Waals surface area contributed by atoms with Crippen LogP contribution in [0, 0.1) is 5.82 Å². The van der Waals surface area contributed by atoms with E-state index < -0.39 is 23.3 Å². The molecule has 1 amide bonds. The lowest BCUT2D eigenvalue weighted by Gasteiger charge is -2.11. The van der Waals surface area contributed by atoms with Crippen molar-refractivity contribution in [1.29, 1.82) is 0 Å². The summed E-state index contributed by atoms with van der Waals surface area (Å²) < 4.78 is 19.7. The van der Waals surface area contributed by atoms with Crippen LogP contribution in [0.25, 0.3) is 0 Å². The van der Waals surface area contributed by atoms with Crippen LogP contribution in [0.3, 0.4) is 0 Å². The van der Waals surface area contributed by atoms with E-state index in [1.807, 2.05) is 6.92 Å². The lowest BCUT2D eigenvalue weighted by atomic mass is 10.1. The van der Waals surface area contributed by atoms with Crippen molar-refractivity contribution in [3.8, 4) is 0 Å². The molecule has 0 radical (unpaired) electrons. The van der Waals surface area contributed by atoms with E-state index in [4.69, 9.17) is 4.74 Å². The number of esters is 1. The van der Waals surface area contributed by atoms with Gasteiger partial charge in [0.1, 0.15) is 11.4 Å². The van der Waals surface area contributed by atoms with Crippen molar-refractivity contribution in [1.82, 2.24) is 9.88 Å². The number of ether oxygens (including phenoxy) is 1. The van der Waals surface area contributed by atoms with Gasteiger partial charge in [0.2, 0.25) is 0 Å². The number of carbonyl (C=O) groups is 2. The average molecular weight is 360 g/mol. The van der Waals surface area contributed by atoms with Crippen LogP contribution < -0.4 is 10.9 Å². The third-order valence-electron chi connectivity index (χ3n) is 3.77. The average Bonchev–Trinajstić information content (AvgIpc) is 2.63. The van der Waals surface area contributed by atoms with Gasteiger partial charge >= 0.3 is 5.97 Å². The number of unbranched alkanes of at least 4 members (excludes halogenated alkanes) is 1. The molecule has 2 aromatic rings. The van der Waals surface area contributed by atoms with E-state index in [9.17, 15) is 18.8 Å². The van der Waals surface area contributed by atoms with Crippen LogP contribution in [0.15, 0.2) is 41.3 Å². The SMILES string of the molecule is CCCCOC(=O)c1cc(C(=O)NC)c(=O)n(Cc2cccc(F)c2)c1. The maximum Gasteiger partial charge on any atom is 0.339 e. The van der Waals surface area contributed by atoms with Gasteiger partial charge in [0.15, 0.2) is 0 Å². The third kappa shape index (κ3) is 4.78. The Balaban J connectivity index is 2.42. The van der Waals surface area contributed by atoms with E-state index in [0.29, 0.717) is 5.56 Å². The Kier molecular flexibility index (Phi) is 6.66. The molecule has 0 aliphatic rings. The summed E-state index contributed by atoms with van der Waals surface area (Å²) in [5.41, 5.74) is -0.116. The van der Waals surface area contributed by atoms with E-state index in [1.165, 1.54) is 42.1 Å². The Labute approximate surface area is 150 Å². The molecule has 26 heavy (non-hydrogen) atoms. The Morgan fingerprint density at radius 2 is 2.04 bits per heavy atom. The van der Waals surface area contributed by atoms with Gasteiger partial charge in [0.05, 0.1) is 18.7 Å². The number of amides is 1. The number of nitrogens with zero attached hydrogens (tertiary/aromatic N) is 1. The second-order valence-electron chi connectivity index (χ2n) is 5.77. The molecule has 0 fully saturated rings. The van der Waals surface area contributed by atoms with Crippen molar-refractivity contribution >= 4 is 11.9 Å². The summed E-state index contributed by atoms with van der Waals surface area (Å²) in [6.07, 6.45) is 2.92. The van der Waals surface area contributed by atoms with Gasteiger partial charge in [-0.15, -0.1) is 0 Å². The highest BCUT2D eigenvalue weighted by Gasteiger charge is 2.17. The normalized spacial score (nSPS) is 10.4. The first-order chi connectivity index (χ1) is 12.5. The molecule has 1 aromatic carbocycles. The smallest absolute Gasteiger partial charge is 0.339 e. The van der Waals surface area contributed by atoms with Crippen LogP contribution in [-0.4, -0.2) is 30.1 Å². The molecule has 0 bridgehead atoms. The molecule has 2 rings (SSSR count). The van der Waals surface area contributed by atoms with Crippen molar-refractivity contribution < 1.29 is 18.7 Å². The molecule has 0 saturated carbocycles. The summed E-state index contributed by atoms with van der Waals surface area (Å²) in [5, 5.41) is 2.38. The summed E-state index contributed by atoms with van der Waals surface area (Å²) in [6.45, 7) is 2.25. The zero-order chi connectivity index (χ0) is 19.1. The summed E-state index contributed by atoms with van der Waals surface area (Å²) in [5.74, 6) is -1.65. The van der Waals surface area contributed by atoms with E-state index in [1.54, 1.807) is 6.07 Å². The van der Waals surface area contributed by atoms with Crippen LogP contribution in [0.1, 0.15) is 46.0 Å². The molecular formula is C19H21FN2O4. The van der Waals surface area contributed by atoms with Crippen LogP contribution in [-0.2, 0) is 11.3 Å². The van der Waals surface area contributed by atoms with Crippen molar-refractivity contribution in [3.05, 3.63) is 69.4 Å². The highest BCUT2D eigenvalue weighted by atomic mass is 19.1. The number of carbonyl (C=O) groups excluding carboxylic acids is 2. The first-order valence-electron chi connectivity index (χ1n) is 8.34. The number of pyridine rings is 1. The zero-order valence-corrected chi connectivity index (χ0v) is 14.8. The lowest BCUT2D eigenvalue weighted by molar-refractivity contribution is 0.0498. The quantitative estimate of drug-likeness (QED) is 0.607. The number of halogens is 1. The molecule has 7 heteroatoms. The van der Waals surface area contributed by atoms with Crippen LogP contribution in [0.2, 0.25) is 0 Å². The van der Waals surface area contributed by atoms with Crippen LogP contribution in [0.4, 0.5) is 4.39 Å². The molecule has 0 saturated heterocycles. The van der Waals surface area contributed by atoms with Crippen molar-refractivity contribution in [3.63, 3.8) is 0 Å². The molecule has 0 spiro atoms. The predicted molar refractivity (Wildman–Crippen MR) is 94.8 cm³/mol. The zero-order valence-electron chi connectivity index (χ0n) is 14.8. The topological polar surface area (TPSA) is 77.4 Å². The summed E-state index contributed by atoms with van der Waals surface area (Å²) in [6, 6.07) is 6.99. The summed E-state index contributed by atoms with van der Waals surface area (Å²) >= 11 is 0. The van der Waals surface area contributed by atoms with Gasteiger partial charge in [-0.3, -0.25) is 9.59 Å². The fourth-order valence-corrected chi connectivity index (χ4v) is 2.39. The van der Waals surface area contributed by atoms with Gasteiger partial charge in [-0.05, 0) is 30.2 Å². The van der Waals surface area contributed by atoms with Gasteiger partial charge in [0.25, 0.3) is 11.5 Å². The fraction of sp³-hybridized carbons (Fsp3) is 0.316. The van der Waals surface area contributed by atoms with E-state index >= 15 is 0 Å². The van der Waals surface area contributed by atoms with Gasteiger partial charge < -0.3 is 14.6 Å². The van der Waals surface area contributed by atoms with E-state index in [0.717, 1.165) is 12.8 Å². The van der Waals surface area contributed by atoms with Crippen LogP contribution >= 0.6 is 0 Å². The Morgan fingerprint density at radius 1 is 1.27 bits per heavy atom. The van der Waals surface area contributed by atoms with Gasteiger partial charge in [-0.2, -0.15) is 0 Å². The number of hydrogen-bond donors (Lipinski definition) is 1. The first-order valence-corrected chi connectivity index (χ1v) is 8.34. The number of rotatable bonds is 7. The highest BCUT2D eigenvalue weighted by Crippen LogP contribution is 2.09. The molecule has 1 aromatic heterocycles. The second kappa shape index (κ2) is 8.94. The monoisotopic (exact) mass is 360 g/mol. The minimum Gasteiger partial charge on any atom is -0.462 e. The maximum atomic E-state index is 13.4. The number of hydrogen-bond acceptors (Lipinski definition) is 4. The standard InChI is InChI=1S/C19H21FN2O4/c1-3-4-8-26-19(25)14-10-16(17(23)21-2)18(24)22(12-14)11-13-6-5-7-15(20)9-13/h5-7,9-10,12H,3-4,8,11H2,1-2H3,(H,21,23). The van der Waals surface area contributed by atoms with E-state index in [-0.39, 0.29) is 24.3 Å². The van der Waals surface area contributed by atoms with Crippen molar-refractivity contribution in [2.24, 2.45) is 0 Å². The minimum atomic E-state index is -0.614. The Morgan fingerprint density at radius 3 is 2.69 bits per heavy atom. The number of aromatic nitrogens is 1. The molecule has 1 N–H and O–H groups in total. The number of benzene rings is 1.